The van der Waals surface area contributed by atoms with Crippen molar-refractivity contribution in [3.63, 3.8) is 0 Å². The summed E-state index contributed by atoms with van der Waals surface area (Å²) in [7, 11) is 1.22. The number of ether oxygens (including phenoxy) is 2. The van der Waals surface area contributed by atoms with E-state index in [2.05, 4.69) is 10.1 Å². The third-order valence-corrected chi connectivity index (χ3v) is 3.41. The molecule has 1 amide bonds. The predicted molar refractivity (Wildman–Crippen MR) is 80.1 cm³/mol. The van der Waals surface area contributed by atoms with Gasteiger partial charge in [0.05, 0.1) is 12.7 Å². The van der Waals surface area contributed by atoms with Gasteiger partial charge in [0.1, 0.15) is 11.9 Å². The molecule has 0 aliphatic rings. The van der Waals surface area contributed by atoms with Crippen LogP contribution in [0.1, 0.15) is 30.6 Å². The Hall–Kier alpha value is -2.44. The summed E-state index contributed by atoms with van der Waals surface area (Å²) in [5.74, 6) is -3.06. The number of esters is 2. The van der Waals surface area contributed by atoms with E-state index >= 15 is 0 Å². The molecular formula is C16H20FNO5. The Bertz CT molecular complexity index is 575. The van der Waals surface area contributed by atoms with Crippen molar-refractivity contribution in [1.82, 2.24) is 5.32 Å². The lowest BCUT2D eigenvalue weighted by molar-refractivity contribution is -0.147. The number of methoxy groups -OCH3 is 1. The Morgan fingerprint density at radius 1 is 1.26 bits per heavy atom. The molecule has 0 spiro atoms. The van der Waals surface area contributed by atoms with E-state index in [9.17, 15) is 18.8 Å². The molecular weight excluding hydrogens is 305 g/mol. The molecule has 0 fully saturated rings. The first-order valence-corrected chi connectivity index (χ1v) is 7.19. The van der Waals surface area contributed by atoms with E-state index in [1.807, 2.05) is 6.92 Å². The van der Waals surface area contributed by atoms with Gasteiger partial charge in [0.2, 0.25) is 0 Å². The fourth-order valence-electron chi connectivity index (χ4n) is 1.85. The number of halogens is 1. The van der Waals surface area contributed by atoms with E-state index < -0.39 is 36.3 Å². The van der Waals surface area contributed by atoms with Crippen molar-refractivity contribution in [3.8, 4) is 0 Å². The van der Waals surface area contributed by atoms with Gasteiger partial charge in [0, 0.05) is 0 Å². The Kier molecular flexibility index (Phi) is 7.18. The summed E-state index contributed by atoms with van der Waals surface area (Å²) in [5, 5.41) is 2.46. The second-order valence-electron chi connectivity index (χ2n) is 5.01. The zero-order chi connectivity index (χ0) is 17.4. The summed E-state index contributed by atoms with van der Waals surface area (Å²) in [6, 6.07) is 4.46. The highest BCUT2D eigenvalue weighted by Gasteiger charge is 2.27. The Balaban J connectivity index is 2.60. The van der Waals surface area contributed by atoms with Crippen LogP contribution in [-0.2, 0) is 19.1 Å². The fourth-order valence-corrected chi connectivity index (χ4v) is 1.85. The van der Waals surface area contributed by atoms with Gasteiger partial charge >= 0.3 is 11.9 Å². The molecule has 2 atom stereocenters. The minimum absolute atomic E-state index is 0.145. The molecule has 1 aromatic carbocycles. The maximum atomic E-state index is 13.4. The molecule has 1 N–H and O–H groups in total. The number of nitrogens with one attached hydrogen (secondary N) is 1. The molecule has 0 bridgehead atoms. The van der Waals surface area contributed by atoms with Crippen molar-refractivity contribution < 1.29 is 28.2 Å². The van der Waals surface area contributed by atoms with E-state index in [0.29, 0.717) is 6.42 Å². The summed E-state index contributed by atoms with van der Waals surface area (Å²) in [6.45, 7) is 3.04. The molecule has 0 saturated heterocycles. The second-order valence-corrected chi connectivity index (χ2v) is 5.01. The Morgan fingerprint density at radius 2 is 1.91 bits per heavy atom. The van der Waals surface area contributed by atoms with Gasteiger partial charge in [0.25, 0.3) is 5.91 Å². The molecule has 126 valence electrons. The number of carbonyl (C=O) groups is 3. The van der Waals surface area contributed by atoms with E-state index in [1.54, 1.807) is 6.92 Å². The van der Waals surface area contributed by atoms with Crippen molar-refractivity contribution in [1.29, 1.82) is 0 Å². The summed E-state index contributed by atoms with van der Waals surface area (Å²) < 4.78 is 22.8. The highest BCUT2D eigenvalue weighted by atomic mass is 19.1. The molecule has 6 nitrogen and oxygen atoms in total. The minimum Gasteiger partial charge on any atom is -0.467 e. The first-order valence-electron chi connectivity index (χ1n) is 7.19. The molecule has 0 heterocycles. The average Bonchev–Trinajstić information content (AvgIpc) is 2.56. The molecule has 7 heteroatoms. The average molecular weight is 325 g/mol. The first kappa shape index (κ1) is 18.6. The molecule has 0 aliphatic carbocycles. The lowest BCUT2D eigenvalue weighted by atomic mass is 9.99. The maximum Gasteiger partial charge on any atom is 0.341 e. The second kappa shape index (κ2) is 8.87. The molecule has 0 radical (unpaired) electrons. The number of carbonyl (C=O) groups excluding carboxylic acids is 3. The van der Waals surface area contributed by atoms with Crippen molar-refractivity contribution in [3.05, 3.63) is 35.6 Å². The van der Waals surface area contributed by atoms with Gasteiger partial charge < -0.3 is 14.8 Å². The minimum atomic E-state index is -0.948. The predicted octanol–water partition coefficient (Wildman–Crippen LogP) is 1.69. The number of benzene rings is 1. The van der Waals surface area contributed by atoms with Crippen LogP contribution in [0.25, 0.3) is 0 Å². The van der Waals surface area contributed by atoms with Crippen LogP contribution in [0.5, 0.6) is 0 Å². The molecule has 23 heavy (non-hydrogen) atoms. The lowest BCUT2D eigenvalue weighted by Crippen LogP contribution is -2.47. The monoisotopic (exact) mass is 325 g/mol. The summed E-state index contributed by atoms with van der Waals surface area (Å²) >= 11 is 0. The van der Waals surface area contributed by atoms with Gasteiger partial charge in [-0.1, -0.05) is 32.4 Å². The number of hydrogen-bond acceptors (Lipinski definition) is 5. The molecule has 0 saturated carbocycles. The molecule has 0 aromatic heterocycles. The molecule has 0 aliphatic heterocycles. The van der Waals surface area contributed by atoms with Crippen LogP contribution in [0.4, 0.5) is 4.39 Å². The maximum absolute atomic E-state index is 13.4. The SMILES string of the molecule is CC[C@H](C)[C@@H](NC(=O)COC(=O)c1ccccc1F)C(=O)OC. The third-order valence-electron chi connectivity index (χ3n) is 3.41. The fraction of sp³-hybridized carbons (Fsp3) is 0.438. The number of amides is 1. The highest BCUT2D eigenvalue weighted by molar-refractivity contribution is 5.92. The van der Waals surface area contributed by atoms with Crippen LogP contribution in [0.15, 0.2) is 24.3 Å². The van der Waals surface area contributed by atoms with Gasteiger partial charge in [-0.15, -0.1) is 0 Å². The van der Waals surface area contributed by atoms with Gasteiger partial charge in [-0.2, -0.15) is 0 Å². The van der Waals surface area contributed by atoms with Crippen LogP contribution in [0.2, 0.25) is 0 Å². The zero-order valence-electron chi connectivity index (χ0n) is 13.3. The lowest BCUT2D eigenvalue weighted by Gasteiger charge is -2.21. The van der Waals surface area contributed by atoms with Crippen molar-refractivity contribution in [2.45, 2.75) is 26.3 Å². The summed E-state index contributed by atoms with van der Waals surface area (Å²) in [4.78, 5) is 35.2. The van der Waals surface area contributed by atoms with Gasteiger partial charge in [-0.25, -0.2) is 14.0 Å². The smallest absolute Gasteiger partial charge is 0.341 e. The summed E-state index contributed by atoms with van der Waals surface area (Å²) in [6.07, 6.45) is 0.648. The Labute approximate surface area is 134 Å². The van der Waals surface area contributed by atoms with Crippen LogP contribution in [-0.4, -0.2) is 37.6 Å². The number of hydrogen-bond donors (Lipinski definition) is 1. The van der Waals surface area contributed by atoms with E-state index in [0.717, 1.165) is 6.07 Å². The normalized spacial score (nSPS) is 12.9. The molecule has 1 aromatic rings. The first-order chi connectivity index (χ1) is 10.9. The van der Waals surface area contributed by atoms with Crippen LogP contribution in [0, 0.1) is 11.7 Å². The topological polar surface area (TPSA) is 81.7 Å². The summed E-state index contributed by atoms with van der Waals surface area (Å²) in [5.41, 5.74) is -0.258. The van der Waals surface area contributed by atoms with Crippen molar-refractivity contribution >= 4 is 17.8 Å². The van der Waals surface area contributed by atoms with E-state index in [1.165, 1.54) is 25.3 Å². The molecule has 0 unspecified atom stereocenters. The van der Waals surface area contributed by atoms with Gasteiger partial charge in [0.15, 0.2) is 6.61 Å². The third kappa shape index (κ3) is 5.36. The van der Waals surface area contributed by atoms with Gasteiger partial charge in [-0.05, 0) is 18.1 Å². The van der Waals surface area contributed by atoms with Crippen LogP contribution < -0.4 is 5.32 Å². The van der Waals surface area contributed by atoms with Crippen LogP contribution in [0.3, 0.4) is 0 Å². The van der Waals surface area contributed by atoms with Crippen molar-refractivity contribution in [2.75, 3.05) is 13.7 Å². The highest BCUT2D eigenvalue weighted by Crippen LogP contribution is 2.10. The van der Waals surface area contributed by atoms with E-state index in [4.69, 9.17) is 4.74 Å². The quantitative estimate of drug-likeness (QED) is 0.772. The standard InChI is InChI=1S/C16H20FNO5/c1-4-10(2)14(16(21)22-3)18-13(19)9-23-15(20)11-7-5-6-8-12(11)17/h5-8,10,14H,4,9H2,1-3H3,(H,18,19)/t10-,14+/m0/s1. The Morgan fingerprint density at radius 3 is 2.48 bits per heavy atom. The largest absolute Gasteiger partial charge is 0.467 e. The van der Waals surface area contributed by atoms with Gasteiger partial charge in [-0.3, -0.25) is 4.79 Å². The van der Waals surface area contributed by atoms with Crippen LogP contribution >= 0.6 is 0 Å². The zero-order valence-corrected chi connectivity index (χ0v) is 13.3. The number of rotatable bonds is 7. The van der Waals surface area contributed by atoms with E-state index in [-0.39, 0.29) is 11.5 Å². The van der Waals surface area contributed by atoms with Crippen molar-refractivity contribution in [2.24, 2.45) is 5.92 Å². The molecule has 1 rings (SSSR count).